The van der Waals surface area contributed by atoms with Crippen LogP contribution < -0.4 is 0 Å². The Balaban J connectivity index is 2.62. The van der Waals surface area contributed by atoms with Crippen molar-refractivity contribution in [2.24, 2.45) is 0 Å². The Morgan fingerprint density at radius 3 is 1.90 bits per heavy atom. The maximum absolute atomic E-state index is 3.91. The largest absolute Gasteiger partial charge is 0.103 e. The minimum Gasteiger partial charge on any atom is -0.103 e. The smallest absolute Gasteiger partial charge is 0.00911 e. The number of hydrogen-bond acceptors (Lipinski definition) is 0. The first-order valence-electron chi connectivity index (χ1n) is 7.33. The van der Waals surface area contributed by atoms with E-state index in [1.807, 2.05) is 18.2 Å². The zero-order chi connectivity index (χ0) is 15.1. The van der Waals surface area contributed by atoms with Crippen LogP contribution in [0.4, 0.5) is 0 Å². The quantitative estimate of drug-likeness (QED) is 0.582. The van der Waals surface area contributed by atoms with Gasteiger partial charge in [-0.15, -0.1) is 19.7 Å². The second kappa shape index (κ2) is 7.44. The SMILES string of the molecule is C=CCc1ccccc1-c1cccc(CC=C)c1CC=C. The molecule has 0 unspecified atom stereocenters. The van der Waals surface area contributed by atoms with Crippen molar-refractivity contribution in [2.45, 2.75) is 19.3 Å². The molecule has 0 heterocycles. The predicted octanol–water partition coefficient (Wildman–Crippen LogP) is 5.54. The number of hydrogen-bond donors (Lipinski definition) is 0. The Morgan fingerprint density at radius 1 is 0.619 bits per heavy atom. The summed E-state index contributed by atoms with van der Waals surface area (Å²) >= 11 is 0. The number of benzene rings is 2. The summed E-state index contributed by atoms with van der Waals surface area (Å²) in [6, 6.07) is 15.1. The molecule has 0 saturated carbocycles. The molecule has 0 aliphatic heterocycles. The zero-order valence-electron chi connectivity index (χ0n) is 12.5. The lowest BCUT2D eigenvalue weighted by Gasteiger charge is -2.15. The van der Waals surface area contributed by atoms with Gasteiger partial charge in [0.2, 0.25) is 0 Å². The van der Waals surface area contributed by atoms with Crippen molar-refractivity contribution in [3.8, 4) is 11.1 Å². The van der Waals surface area contributed by atoms with Crippen LogP contribution in [0.5, 0.6) is 0 Å². The first-order chi connectivity index (χ1) is 10.3. The van der Waals surface area contributed by atoms with Crippen LogP contribution in [0.3, 0.4) is 0 Å². The van der Waals surface area contributed by atoms with Gasteiger partial charge in [0.1, 0.15) is 0 Å². The maximum Gasteiger partial charge on any atom is -0.00911 e. The zero-order valence-corrected chi connectivity index (χ0v) is 12.5. The van der Waals surface area contributed by atoms with Crippen molar-refractivity contribution in [2.75, 3.05) is 0 Å². The molecule has 0 N–H and O–H groups in total. The maximum atomic E-state index is 3.91. The molecule has 0 aromatic heterocycles. The molecular weight excluding hydrogens is 252 g/mol. The van der Waals surface area contributed by atoms with Crippen LogP contribution in [0.2, 0.25) is 0 Å². The van der Waals surface area contributed by atoms with Gasteiger partial charge in [-0.2, -0.15) is 0 Å². The topological polar surface area (TPSA) is 0 Å². The van der Waals surface area contributed by atoms with Crippen LogP contribution in [0.1, 0.15) is 16.7 Å². The lowest BCUT2D eigenvalue weighted by molar-refractivity contribution is 1.15. The summed E-state index contributed by atoms with van der Waals surface area (Å²) in [5, 5.41) is 0. The Bertz CT molecular complexity index is 647. The molecule has 0 radical (unpaired) electrons. The van der Waals surface area contributed by atoms with Crippen LogP contribution in [0.15, 0.2) is 80.4 Å². The number of allylic oxidation sites excluding steroid dienone is 3. The van der Waals surface area contributed by atoms with Crippen LogP contribution in [-0.2, 0) is 19.3 Å². The Morgan fingerprint density at radius 2 is 1.19 bits per heavy atom. The van der Waals surface area contributed by atoms with E-state index < -0.39 is 0 Å². The van der Waals surface area contributed by atoms with E-state index in [9.17, 15) is 0 Å². The van der Waals surface area contributed by atoms with E-state index in [4.69, 9.17) is 0 Å². The molecular formula is C21H22. The molecule has 0 spiro atoms. The molecule has 2 rings (SSSR count). The Labute approximate surface area is 128 Å². The van der Waals surface area contributed by atoms with E-state index in [2.05, 4.69) is 62.2 Å². The van der Waals surface area contributed by atoms with Crippen molar-refractivity contribution in [1.29, 1.82) is 0 Å². The van der Waals surface area contributed by atoms with E-state index >= 15 is 0 Å². The fraction of sp³-hybridized carbons (Fsp3) is 0.143. The minimum absolute atomic E-state index is 0.877. The molecule has 0 fully saturated rings. The molecule has 0 bridgehead atoms. The highest BCUT2D eigenvalue weighted by molar-refractivity contribution is 5.72. The van der Waals surface area contributed by atoms with Crippen LogP contribution in [0, 0.1) is 0 Å². The normalized spacial score (nSPS) is 10.1. The van der Waals surface area contributed by atoms with Gasteiger partial charge in [0.15, 0.2) is 0 Å². The third-order valence-electron chi connectivity index (χ3n) is 3.66. The molecule has 0 aliphatic carbocycles. The van der Waals surface area contributed by atoms with Crippen LogP contribution in [-0.4, -0.2) is 0 Å². The van der Waals surface area contributed by atoms with Crippen molar-refractivity contribution < 1.29 is 0 Å². The molecule has 0 heteroatoms. The van der Waals surface area contributed by atoms with Gasteiger partial charge in [-0.3, -0.25) is 0 Å². The number of rotatable bonds is 7. The second-order valence-electron chi connectivity index (χ2n) is 5.08. The van der Waals surface area contributed by atoms with Gasteiger partial charge in [0, 0.05) is 0 Å². The van der Waals surface area contributed by atoms with E-state index in [-0.39, 0.29) is 0 Å². The minimum atomic E-state index is 0.877. The van der Waals surface area contributed by atoms with Crippen molar-refractivity contribution >= 4 is 0 Å². The molecule has 2 aromatic carbocycles. The monoisotopic (exact) mass is 274 g/mol. The molecule has 21 heavy (non-hydrogen) atoms. The van der Waals surface area contributed by atoms with Gasteiger partial charge in [-0.1, -0.05) is 60.7 Å². The average Bonchev–Trinajstić information content (AvgIpc) is 2.50. The summed E-state index contributed by atoms with van der Waals surface area (Å²) in [5.41, 5.74) is 6.58. The molecule has 106 valence electrons. The molecule has 2 aromatic rings. The fourth-order valence-electron chi connectivity index (χ4n) is 2.74. The third kappa shape index (κ3) is 3.41. The summed E-state index contributed by atoms with van der Waals surface area (Å²) in [5.74, 6) is 0. The summed E-state index contributed by atoms with van der Waals surface area (Å²) in [6.07, 6.45) is 8.54. The Kier molecular flexibility index (Phi) is 5.34. The molecule has 0 aliphatic rings. The van der Waals surface area contributed by atoms with E-state index in [1.54, 1.807) is 0 Å². The highest BCUT2D eigenvalue weighted by Gasteiger charge is 2.10. The predicted molar refractivity (Wildman–Crippen MR) is 93.6 cm³/mol. The van der Waals surface area contributed by atoms with Gasteiger partial charge in [0.05, 0.1) is 0 Å². The van der Waals surface area contributed by atoms with Crippen molar-refractivity contribution in [3.63, 3.8) is 0 Å². The second-order valence-corrected chi connectivity index (χ2v) is 5.08. The fourth-order valence-corrected chi connectivity index (χ4v) is 2.74. The van der Waals surface area contributed by atoms with E-state index in [0.717, 1.165) is 19.3 Å². The molecule has 0 amide bonds. The van der Waals surface area contributed by atoms with Crippen LogP contribution in [0.25, 0.3) is 11.1 Å². The van der Waals surface area contributed by atoms with Gasteiger partial charge in [0.25, 0.3) is 0 Å². The lowest BCUT2D eigenvalue weighted by Crippen LogP contribution is -1.98. The third-order valence-corrected chi connectivity index (χ3v) is 3.66. The average molecular weight is 274 g/mol. The highest BCUT2D eigenvalue weighted by atomic mass is 14.1. The summed E-state index contributed by atoms with van der Waals surface area (Å²) in [6.45, 7) is 11.6. The van der Waals surface area contributed by atoms with Crippen LogP contribution >= 0.6 is 0 Å². The Hall–Kier alpha value is -2.34. The van der Waals surface area contributed by atoms with Crippen molar-refractivity contribution in [1.82, 2.24) is 0 Å². The molecule has 0 nitrogen and oxygen atoms in total. The summed E-state index contributed by atoms with van der Waals surface area (Å²) in [7, 11) is 0. The van der Waals surface area contributed by atoms with E-state index in [0.29, 0.717) is 0 Å². The van der Waals surface area contributed by atoms with Gasteiger partial charge in [-0.05, 0) is 47.1 Å². The summed E-state index contributed by atoms with van der Waals surface area (Å²) in [4.78, 5) is 0. The van der Waals surface area contributed by atoms with Gasteiger partial charge in [-0.25, -0.2) is 0 Å². The van der Waals surface area contributed by atoms with Gasteiger partial charge >= 0.3 is 0 Å². The van der Waals surface area contributed by atoms with E-state index in [1.165, 1.54) is 27.8 Å². The first-order valence-corrected chi connectivity index (χ1v) is 7.33. The first kappa shape index (κ1) is 15.1. The summed E-state index contributed by atoms with van der Waals surface area (Å²) < 4.78 is 0. The highest BCUT2D eigenvalue weighted by Crippen LogP contribution is 2.30. The molecule has 0 atom stereocenters. The standard InChI is InChI=1S/C21H22/c1-4-10-17-13-7-8-15-20(17)21-16-9-14-18(11-5-2)19(21)12-6-3/h4-9,13-16H,1-3,10-12H2. The van der Waals surface area contributed by atoms with Crippen molar-refractivity contribution in [3.05, 3.63) is 97.1 Å². The lowest BCUT2D eigenvalue weighted by atomic mass is 9.89. The van der Waals surface area contributed by atoms with Gasteiger partial charge < -0.3 is 0 Å². The molecule has 0 saturated heterocycles.